The average Bonchev–Trinajstić information content (AvgIpc) is 2.20. The number of amides is 2. The number of carbonyl (C=O) groups excluding carboxylic acids is 2. The van der Waals surface area contributed by atoms with Crippen molar-refractivity contribution < 1.29 is 9.59 Å². The van der Waals surface area contributed by atoms with Gasteiger partial charge in [0.05, 0.1) is 5.75 Å². The van der Waals surface area contributed by atoms with Gasteiger partial charge in [-0.1, -0.05) is 12.6 Å². The zero-order valence-corrected chi connectivity index (χ0v) is 9.06. The van der Waals surface area contributed by atoms with Gasteiger partial charge in [0.1, 0.15) is 0 Å². The van der Waals surface area contributed by atoms with E-state index in [1.165, 1.54) is 6.92 Å². The van der Waals surface area contributed by atoms with Gasteiger partial charge in [-0.2, -0.15) is 0 Å². The SMILES string of the molecule is CC(=O)Nc1ccc(NC(=O)C[S])cc1. The first-order valence-electron chi connectivity index (χ1n) is 4.37. The van der Waals surface area contributed by atoms with Gasteiger partial charge in [0.15, 0.2) is 0 Å². The van der Waals surface area contributed by atoms with Crippen LogP contribution in [-0.4, -0.2) is 17.6 Å². The van der Waals surface area contributed by atoms with E-state index < -0.39 is 0 Å². The Morgan fingerprint density at radius 2 is 1.60 bits per heavy atom. The lowest BCUT2D eigenvalue weighted by Crippen LogP contribution is -2.12. The third kappa shape index (κ3) is 4.03. The lowest BCUT2D eigenvalue weighted by molar-refractivity contribution is -0.114. The van der Waals surface area contributed by atoms with E-state index in [-0.39, 0.29) is 17.6 Å². The Morgan fingerprint density at radius 3 is 2.00 bits per heavy atom. The van der Waals surface area contributed by atoms with Crippen LogP contribution in [0, 0.1) is 0 Å². The molecule has 2 amide bonds. The Morgan fingerprint density at radius 1 is 1.13 bits per heavy atom. The first-order valence-corrected chi connectivity index (χ1v) is 4.95. The summed E-state index contributed by atoms with van der Waals surface area (Å²) < 4.78 is 0. The minimum atomic E-state index is -0.211. The van der Waals surface area contributed by atoms with Crippen LogP contribution in [0.1, 0.15) is 6.92 Å². The fourth-order valence-corrected chi connectivity index (χ4v) is 1.11. The van der Waals surface area contributed by atoms with E-state index in [1.807, 2.05) is 0 Å². The molecule has 0 spiro atoms. The molecule has 5 heteroatoms. The van der Waals surface area contributed by atoms with Gasteiger partial charge in [0.2, 0.25) is 11.8 Å². The van der Waals surface area contributed by atoms with Crippen molar-refractivity contribution in [2.45, 2.75) is 6.92 Å². The second kappa shape index (κ2) is 5.41. The second-order valence-electron chi connectivity index (χ2n) is 2.95. The van der Waals surface area contributed by atoms with Crippen LogP contribution in [0.15, 0.2) is 24.3 Å². The largest absolute Gasteiger partial charge is 0.326 e. The van der Waals surface area contributed by atoms with Crippen LogP contribution >= 0.6 is 12.6 Å². The zero-order valence-electron chi connectivity index (χ0n) is 8.24. The number of nitrogens with one attached hydrogen (secondary N) is 2. The number of hydrogen-bond donors (Lipinski definition) is 2. The molecule has 0 aliphatic heterocycles. The topological polar surface area (TPSA) is 58.2 Å². The second-order valence-corrected chi connectivity index (χ2v) is 3.24. The molecule has 0 aliphatic carbocycles. The van der Waals surface area contributed by atoms with Gasteiger partial charge in [-0.25, -0.2) is 0 Å². The fourth-order valence-electron chi connectivity index (χ4n) is 1.04. The molecule has 2 N–H and O–H groups in total. The quantitative estimate of drug-likeness (QED) is 0.820. The summed E-state index contributed by atoms with van der Waals surface area (Å²) in [6.45, 7) is 1.44. The van der Waals surface area contributed by atoms with E-state index in [0.717, 1.165) is 0 Å². The van der Waals surface area contributed by atoms with Gasteiger partial charge in [0, 0.05) is 18.3 Å². The minimum Gasteiger partial charge on any atom is -0.326 e. The molecule has 4 nitrogen and oxygen atoms in total. The maximum Gasteiger partial charge on any atom is 0.235 e. The third-order valence-electron chi connectivity index (χ3n) is 1.62. The molecule has 0 saturated carbocycles. The summed E-state index contributed by atoms with van der Waals surface area (Å²) >= 11 is 4.59. The first kappa shape index (κ1) is 11.6. The van der Waals surface area contributed by atoms with E-state index in [0.29, 0.717) is 11.4 Å². The average molecular weight is 223 g/mol. The Kier molecular flexibility index (Phi) is 4.17. The number of carbonyl (C=O) groups is 2. The Labute approximate surface area is 93.5 Å². The summed E-state index contributed by atoms with van der Waals surface area (Å²) in [6, 6.07) is 6.82. The van der Waals surface area contributed by atoms with Crippen molar-refractivity contribution in [2.75, 3.05) is 16.4 Å². The molecule has 0 heterocycles. The molecule has 15 heavy (non-hydrogen) atoms. The lowest BCUT2D eigenvalue weighted by Gasteiger charge is -2.05. The van der Waals surface area contributed by atoms with E-state index in [1.54, 1.807) is 24.3 Å². The molecule has 0 unspecified atom stereocenters. The van der Waals surface area contributed by atoms with Gasteiger partial charge in [-0.05, 0) is 24.3 Å². The smallest absolute Gasteiger partial charge is 0.235 e. The molecule has 79 valence electrons. The Bertz CT molecular complexity index is 362. The van der Waals surface area contributed by atoms with Gasteiger partial charge in [0.25, 0.3) is 0 Å². The lowest BCUT2D eigenvalue weighted by atomic mass is 10.3. The molecule has 0 aromatic heterocycles. The van der Waals surface area contributed by atoms with Crippen molar-refractivity contribution in [2.24, 2.45) is 0 Å². The number of benzene rings is 1. The van der Waals surface area contributed by atoms with Gasteiger partial charge in [-0.15, -0.1) is 0 Å². The molecule has 1 radical (unpaired) electrons. The molecular weight excluding hydrogens is 212 g/mol. The highest BCUT2D eigenvalue weighted by Gasteiger charge is 1.99. The fraction of sp³-hybridized carbons (Fsp3) is 0.200. The summed E-state index contributed by atoms with van der Waals surface area (Å²) in [5.41, 5.74) is 1.36. The van der Waals surface area contributed by atoms with Crippen LogP contribution in [0.3, 0.4) is 0 Å². The Balaban J connectivity index is 2.64. The highest BCUT2D eigenvalue weighted by Crippen LogP contribution is 2.13. The third-order valence-corrected chi connectivity index (χ3v) is 1.88. The summed E-state index contributed by atoms with van der Waals surface area (Å²) in [5.74, 6) is -0.303. The van der Waals surface area contributed by atoms with Crippen LogP contribution in [-0.2, 0) is 9.59 Å². The predicted octanol–water partition coefficient (Wildman–Crippen LogP) is 1.78. The van der Waals surface area contributed by atoms with Crippen molar-refractivity contribution in [3.8, 4) is 0 Å². The standard InChI is InChI=1S/C10H11N2O2S/c1-7(13)11-8-2-4-9(5-3-8)12-10(14)6-15/h2-5H,6H2,1H3,(H,11,13)(H,12,14). The first-order chi connectivity index (χ1) is 7.11. The monoisotopic (exact) mass is 223 g/mol. The summed E-state index contributed by atoms with van der Waals surface area (Å²) in [6.07, 6.45) is 0. The molecule has 0 bridgehead atoms. The van der Waals surface area contributed by atoms with Crippen molar-refractivity contribution in [1.82, 2.24) is 0 Å². The van der Waals surface area contributed by atoms with Crippen LogP contribution in [0.4, 0.5) is 11.4 Å². The van der Waals surface area contributed by atoms with E-state index >= 15 is 0 Å². The van der Waals surface area contributed by atoms with Crippen LogP contribution in [0.25, 0.3) is 0 Å². The van der Waals surface area contributed by atoms with E-state index in [4.69, 9.17) is 0 Å². The van der Waals surface area contributed by atoms with E-state index in [9.17, 15) is 9.59 Å². The van der Waals surface area contributed by atoms with Crippen molar-refractivity contribution in [1.29, 1.82) is 0 Å². The molecule has 0 atom stereocenters. The molecule has 0 aliphatic rings. The van der Waals surface area contributed by atoms with Crippen LogP contribution < -0.4 is 10.6 Å². The summed E-state index contributed by atoms with van der Waals surface area (Å²) in [7, 11) is 0. The van der Waals surface area contributed by atoms with Gasteiger partial charge < -0.3 is 10.6 Å². The van der Waals surface area contributed by atoms with Gasteiger partial charge in [-0.3, -0.25) is 9.59 Å². The predicted molar refractivity (Wildman–Crippen MR) is 61.8 cm³/mol. The normalized spacial score (nSPS) is 9.47. The molecular formula is C10H11N2O2S. The maximum atomic E-state index is 11.0. The molecule has 1 aromatic carbocycles. The minimum absolute atomic E-state index is 0.0352. The van der Waals surface area contributed by atoms with Crippen molar-refractivity contribution in [3.05, 3.63) is 24.3 Å². The van der Waals surface area contributed by atoms with Crippen LogP contribution in [0.2, 0.25) is 0 Å². The number of hydrogen-bond acceptors (Lipinski definition) is 2. The zero-order chi connectivity index (χ0) is 11.3. The number of rotatable bonds is 3. The highest BCUT2D eigenvalue weighted by molar-refractivity contribution is 7.81. The maximum absolute atomic E-state index is 11.0. The van der Waals surface area contributed by atoms with Crippen LogP contribution in [0.5, 0.6) is 0 Å². The van der Waals surface area contributed by atoms with Crippen molar-refractivity contribution in [3.63, 3.8) is 0 Å². The Hall–Kier alpha value is -1.49. The molecule has 1 rings (SSSR count). The van der Waals surface area contributed by atoms with E-state index in [2.05, 4.69) is 23.3 Å². The van der Waals surface area contributed by atoms with Gasteiger partial charge >= 0.3 is 0 Å². The highest BCUT2D eigenvalue weighted by atomic mass is 32.1. The summed E-state index contributed by atoms with van der Waals surface area (Å²) in [5, 5.41) is 5.24. The molecule has 0 fully saturated rings. The van der Waals surface area contributed by atoms with Crippen molar-refractivity contribution >= 4 is 35.8 Å². The molecule has 1 aromatic rings. The number of anilines is 2. The summed E-state index contributed by atoms with van der Waals surface area (Å²) in [4.78, 5) is 21.7. The molecule has 0 saturated heterocycles.